The minimum Gasteiger partial charge on any atom is -0.494 e. The minimum atomic E-state index is 0.0829. The third-order valence-electron chi connectivity index (χ3n) is 8.64. The van der Waals surface area contributed by atoms with Crippen molar-refractivity contribution in [2.45, 2.75) is 63.7 Å². The number of rotatable bonds is 21. The van der Waals surface area contributed by atoms with Gasteiger partial charge in [0.15, 0.2) is 0 Å². The van der Waals surface area contributed by atoms with Crippen molar-refractivity contribution in [3.63, 3.8) is 0 Å². The number of ether oxygens (including phenoxy) is 3. The van der Waals surface area contributed by atoms with Gasteiger partial charge in [0.25, 0.3) is 0 Å². The molecular weight excluding hydrogens is 661 g/mol. The van der Waals surface area contributed by atoms with Crippen LogP contribution >= 0.6 is 34.0 Å². The summed E-state index contributed by atoms with van der Waals surface area (Å²) in [6.07, 6.45) is 9.96. The Bertz CT molecular complexity index is 1500. The van der Waals surface area contributed by atoms with E-state index < -0.39 is 0 Å². The molecule has 0 fully saturated rings. The van der Waals surface area contributed by atoms with Crippen LogP contribution in [0.2, 0.25) is 0 Å². The molecule has 0 aliphatic rings. The smallest absolute Gasteiger partial charge is 0.119 e. The molecular formula is C43H46O3S3. The maximum absolute atomic E-state index is 6.13. The summed E-state index contributed by atoms with van der Waals surface area (Å²) in [4.78, 5) is 4.35. The Labute approximate surface area is 304 Å². The van der Waals surface area contributed by atoms with Gasteiger partial charge in [0, 0.05) is 20.5 Å². The topological polar surface area (TPSA) is 27.7 Å². The molecule has 6 rings (SSSR count). The lowest BCUT2D eigenvalue weighted by Crippen LogP contribution is -2.05. The molecule has 0 aliphatic carbocycles. The summed E-state index contributed by atoms with van der Waals surface area (Å²) in [6.45, 7) is 2.21. The molecule has 3 aromatic carbocycles. The van der Waals surface area contributed by atoms with Gasteiger partial charge in [-0.1, -0.05) is 54.6 Å². The van der Waals surface area contributed by atoms with Crippen molar-refractivity contribution in [1.82, 2.24) is 0 Å². The van der Waals surface area contributed by atoms with Crippen LogP contribution in [0.1, 0.15) is 75.8 Å². The molecule has 0 unspecified atom stereocenters. The quantitative estimate of drug-likeness (QED) is 0.0551. The van der Waals surface area contributed by atoms with Crippen LogP contribution in [0.3, 0.4) is 0 Å². The molecule has 0 saturated heterocycles. The highest BCUT2D eigenvalue weighted by Crippen LogP contribution is 2.35. The molecule has 0 atom stereocenters. The molecule has 0 saturated carbocycles. The third-order valence-corrected chi connectivity index (χ3v) is 11.4. The fourth-order valence-electron chi connectivity index (χ4n) is 5.99. The first-order valence-electron chi connectivity index (χ1n) is 17.6. The first kappa shape index (κ1) is 35.0. The molecule has 0 aliphatic heterocycles. The standard InChI is InChI=1S/C43H46O3S3/c1(10-40-13-7-31-47-40)4-28-44-37-22-16-34(17-23-37)43(35-18-24-38(25-19-35)45-29-5-2-11-41-14-8-32-48-41)36-20-26-39(27-21-36)46-30-6-3-12-42-15-9-33-49-42/h7-9,13-27,31-33,43H,1-6,10-12,28-30H2. The van der Waals surface area contributed by atoms with E-state index in [0.29, 0.717) is 0 Å². The zero-order chi connectivity index (χ0) is 33.4. The van der Waals surface area contributed by atoms with Crippen LogP contribution in [0.5, 0.6) is 17.2 Å². The van der Waals surface area contributed by atoms with E-state index in [1.54, 1.807) is 0 Å². The van der Waals surface area contributed by atoms with Crippen molar-refractivity contribution < 1.29 is 14.2 Å². The Morgan fingerprint density at radius 3 is 0.939 bits per heavy atom. The van der Waals surface area contributed by atoms with Gasteiger partial charge in [-0.2, -0.15) is 0 Å². The fraction of sp³-hybridized carbons (Fsp3) is 0.302. The molecule has 0 N–H and O–H groups in total. The van der Waals surface area contributed by atoms with Gasteiger partial charge in [-0.3, -0.25) is 0 Å². The minimum absolute atomic E-state index is 0.0829. The van der Waals surface area contributed by atoms with E-state index in [9.17, 15) is 0 Å². The van der Waals surface area contributed by atoms with Crippen molar-refractivity contribution in [3.8, 4) is 17.2 Å². The van der Waals surface area contributed by atoms with Crippen molar-refractivity contribution in [1.29, 1.82) is 0 Å². The molecule has 0 bridgehead atoms. The van der Waals surface area contributed by atoms with Gasteiger partial charge in [-0.05, 0) is 145 Å². The van der Waals surface area contributed by atoms with Gasteiger partial charge in [-0.25, -0.2) is 0 Å². The van der Waals surface area contributed by atoms with E-state index in [1.807, 2.05) is 34.0 Å². The first-order chi connectivity index (χ1) is 24.3. The van der Waals surface area contributed by atoms with Crippen LogP contribution in [-0.2, 0) is 19.3 Å². The second-order valence-corrected chi connectivity index (χ2v) is 15.4. The maximum atomic E-state index is 6.13. The van der Waals surface area contributed by atoms with E-state index >= 15 is 0 Å². The second kappa shape index (κ2) is 19.4. The van der Waals surface area contributed by atoms with Gasteiger partial charge in [0.05, 0.1) is 19.8 Å². The molecule has 3 nitrogen and oxygen atoms in total. The molecule has 3 heterocycles. The number of hydrogen-bond acceptors (Lipinski definition) is 6. The third kappa shape index (κ3) is 11.4. The van der Waals surface area contributed by atoms with E-state index in [2.05, 4.69) is 125 Å². The van der Waals surface area contributed by atoms with Gasteiger partial charge in [0.2, 0.25) is 0 Å². The molecule has 0 spiro atoms. The fourth-order valence-corrected chi connectivity index (χ4v) is 8.24. The Kier molecular flexibility index (Phi) is 13.8. The number of benzene rings is 3. The van der Waals surface area contributed by atoms with Crippen molar-refractivity contribution >= 4 is 34.0 Å². The molecule has 3 aromatic heterocycles. The van der Waals surface area contributed by atoms with E-state index in [-0.39, 0.29) is 5.92 Å². The number of hydrogen-bond donors (Lipinski definition) is 0. The van der Waals surface area contributed by atoms with Crippen LogP contribution < -0.4 is 14.2 Å². The monoisotopic (exact) mass is 706 g/mol. The molecule has 0 amide bonds. The lowest BCUT2D eigenvalue weighted by Gasteiger charge is -2.20. The normalized spacial score (nSPS) is 11.2. The molecule has 6 aromatic rings. The van der Waals surface area contributed by atoms with E-state index in [1.165, 1.54) is 31.3 Å². The van der Waals surface area contributed by atoms with Crippen molar-refractivity contribution in [2.75, 3.05) is 19.8 Å². The molecule has 254 valence electrons. The van der Waals surface area contributed by atoms with Crippen LogP contribution in [0, 0.1) is 0 Å². The Hall–Kier alpha value is -3.84. The number of unbranched alkanes of at least 4 members (excludes halogenated alkanes) is 3. The predicted molar refractivity (Wildman–Crippen MR) is 209 cm³/mol. The molecule has 49 heavy (non-hydrogen) atoms. The van der Waals surface area contributed by atoms with Crippen LogP contribution in [-0.4, -0.2) is 19.8 Å². The Balaban J connectivity index is 1.06. The van der Waals surface area contributed by atoms with Gasteiger partial charge < -0.3 is 14.2 Å². The largest absolute Gasteiger partial charge is 0.494 e. The summed E-state index contributed by atoms with van der Waals surface area (Å²) < 4.78 is 18.4. The summed E-state index contributed by atoms with van der Waals surface area (Å²) in [5.74, 6) is 2.84. The summed E-state index contributed by atoms with van der Waals surface area (Å²) >= 11 is 5.50. The zero-order valence-corrected chi connectivity index (χ0v) is 30.6. The summed E-state index contributed by atoms with van der Waals surface area (Å²) in [5, 5.41) is 6.45. The highest BCUT2D eigenvalue weighted by atomic mass is 32.1. The number of aryl methyl sites for hydroxylation is 3. The van der Waals surface area contributed by atoms with Crippen molar-refractivity contribution in [2.24, 2.45) is 0 Å². The molecule has 0 radical (unpaired) electrons. The van der Waals surface area contributed by atoms with Crippen LogP contribution in [0.25, 0.3) is 0 Å². The lowest BCUT2D eigenvalue weighted by molar-refractivity contribution is 0.307. The van der Waals surface area contributed by atoms with Gasteiger partial charge >= 0.3 is 0 Å². The van der Waals surface area contributed by atoms with Crippen LogP contribution in [0.15, 0.2) is 125 Å². The first-order valence-corrected chi connectivity index (χ1v) is 20.2. The van der Waals surface area contributed by atoms with E-state index in [4.69, 9.17) is 14.2 Å². The Morgan fingerprint density at radius 2 is 0.673 bits per heavy atom. The average molecular weight is 707 g/mol. The highest BCUT2D eigenvalue weighted by Gasteiger charge is 2.18. The van der Waals surface area contributed by atoms with Gasteiger partial charge in [-0.15, -0.1) is 34.0 Å². The number of thiophene rings is 3. The predicted octanol–water partition coefficient (Wildman–Crippen LogP) is 12.3. The second-order valence-electron chi connectivity index (χ2n) is 12.3. The van der Waals surface area contributed by atoms with E-state index in [0.717, 1.165) is 94.9 Å². The summed E-state index contributed by atoms with van der Waals surface area (Å²) in [5.41, 5.74) is 3.69. The Morgan fingerprint density at radius 1 is 0.367 bits per heavy atom. The average Bonchev–Trinajstić information content (AvgIpc) is 3.96. The summed E-state index contributed by atoms with van der Waals surface area (Å²) in [6, 6.07) is 39.0. The van der Waals surface area contributed by atoms with Gasteiger partial charge in [0.1, 0.15) is 17.2 Å². The lowest BCUT2D eigenvalue weighted by atomic mass is 9.85. The maximum Gasteiger partial charge on any atom is 0.119 e. The summed E-state index contributed by atoms with van der Waals surface area (Å²) in [7, 11) is 0. The zero-order valence-electron chi connectivity index (χ0n) is 28.1. The molecule has 6 heteroatoms. The van der Waals surface area contributed by atoms with Crippen LogP contribution in [0.4, 0.5) is 0 Å². The highest BCUT2D eigenvalue weighted by molar-refractivity contribution is 7.10. The van der Waals surface area contributed by atoms with Crippen molar-refractivity contribution in [3.05, 3.63) is 157 Å². The SMILES string of the molecule is c1csc(CCCCOc2ccc(C(c3ccc(OCCCCc4cccs4)cc3)c3ccc(OCCCCc4cccs4)cc3)cc2)c1.